The molecule has 0 amide bonds. The van der Waals surface area contributed by atoms with Gasteiger partial charge in [-0.15, -0.1) is 8.42 Å². The van der Waals surface area contributed by atoms with Crippen molar-refractivity contribution < 1.29 is 26.6 Å². The molecule has 1 heterocycles. The van der Waals surface area contributed by atoms with Gasteiger partial charge in [0.25, 0.3) is 0 Å². The Morgan fingerprint density at radius 3 is 2.65 bits per heavy atom. The molecule has 0 unspecified atom stereocenters. The molecule has 0 fully saturated rings. The Kier molecular flexibility index (Phi) is 2.63. The number of hydrogen-bond donors (Lipinski definition) is 3. The molecule has 0 saturated carbocycles. The Morgan fingerprint density at radius 1 is 1.29 bits per heavy atom. The number of aliphatic hydroxyl groups is 1. The number of hydrogen-bond acceptors (Lipinski definition) is 8. The highest BCUT2D eigenvalue weighted by atomic mass is 32.3. The predicted molar refractivity (Wildman–Crippen MR) is 58.0 cm³/mol. The molecule has 0 spiro atoms. The fraction of sp³-hybridized carbons (Fsp3) is 0.250. The van der Waals surface area contributed by atoms with Gasteiger partial charge in [0.2, 0.25) is 0 Å². The molecule has 8 nitrogen and oxygen atoms in total. The molecule has 9 heteroatoms. The minimum Gasteiger partial charge on any atom is -0.489 e. The van der Waals surface area contributed by atoms with Gasteiger partial charge in [-0.1, -0.05) is 0 Å². The second kappa shape index (κ2) is 3.86. The van der Waals surface area contributed by atoms with Crippen LogP contribution in [0.3, 0.4) is 0 Å². The fourth-order valence-electron chi connectivity index (χ4n) is 1.31. The minimum absolute atomic E-state index is 0.000250. The smallest absolute Gasteiger partial charge is 0.489 e. The molecule has 94 valence electrons. The SMILES string of the molecule is Nc1c(OCCO)cc2c(N)c1OS(=O)(=O)O2. The van der Waals surface area contributed by atoms with Gasteiger partial charge in [-0.25, -0.2) is 0 Å². The third-order valence-electron chi connectivity index (χ3n) is 2.01. The summed E-state index contributed by atoms with van der Waals surface area (Å²) in [6.45, 7) is -0.214. The van der Waals surface area contributed by atoms with Crippen molar-refractivity contribution in [2.45, 2.75) is 0 Å². The van der Waals surface area contributed by atoms with Gasteiger partial charge in [0.05, 0.1) is 6.61 Å². The van der Waals surface area contributed by atoms with Crippen LogP contribution in [0.5, 0.6) is 17.2 Å². The van der Waals surface area contributed by atoms with Crippen LogP contribution in [0, 0.1) is 0 Å². The van der Waals surface area contributed by atoms with Crippen molar-refractivity contribution in [2.24, 2.45) is 0 Å². The van der Waals surface area contributed by atoms with Gasteiger partial charge in [0.1, 0.15) is 23.7 Å². The van der Waals surface area contributed by atoms with Gasteiger partial charge in [-0.05, 0) is 0 Å². The van der Waals surface area contributed by atoms with Crippen molar-refractivity contribution in [1.29, 1.82) is 0 Å². The Balaban J connectivity index is 2.49. The summed E-state index contributed by atoms with van der Waals surface area (Å²) in [6, 6.07) is 1.23. The quantitative estimate of drug-likeness (QED) is 0.605. The lowest BCUT2D eigenvalue weighted by Crippen LogP contribution is -2.23. The summed E-state index contributed by atoms with van der Waals surface area (Å²) in [5.74, 6) is -0.205. The number of aliphatic hydroxyl groups excluding tert-OH is 1. The molecule has 1 aromatic rings. The van der Waals surface area contributed by atoms with E-state index < -0.39 is 10.4 Å². The number of nitrogen functional groups attached to an aromatic ring is 2. The van der Waals surface area contributed by atoms with Crippen molar-refractivity contribution in [1.82, 2.24) is 0 Å². The van der Waals surface area contributed by atoms with E-state index in [-0.39, 0.29) is 41.8 Å². The van der Waals surface area contributed by atoms with Gasteiger partial charge in [-0.3, -0.25) is 0 Å². The molecule has 5 N–H and O–H groups in total. The molecule has 0 aliphatic carbocycles. The molecule has 0 radical (unpaired) electrons. The molecule has 1 aliphatic rings. The zero-order valence-corrected chi connectivity index (χ0v) is 9.36. The summed E-state index contributed by atoms with van der Waals surface area (Å²) in [7, 11) is -4.18. The van der Waals surface area contributed by atoms with Crippen LogP contribution in [0.2, 0.25) is 0 Å². The maximum absolute atomic E-state index is 11.1. The monoisotopic (exact) mass is 262 g/mol. The summed E-state index contributed by atoms with van der Waals surface area (Å²) in [6.07, 6.45) is 0. The molecule has 0 atom stereocenters. The first-order valence-corrected chi connectivity index (χ1v) is 5.87. The van der Waals surface area contributed by atoms with Crippen molar-refractivity contribution >= 4 is 21.8 Å². The summed E-state index contributed by atoms with van der Waals surface area (Å²) >= 11 is 0. The van der Waals surface area contributed by atoms with Gasteiger partial charge >= 0.3 is 10.4 Å². The number of nitrogens with two attached hydrogens (primary N) is 2. The van der Waals surface area contributed by atoms with E-state index in [0.717, 1.165) is 0 Å². The second-order valence-electron chi connectivity index (χ2n) is 3.18. The third-order valence-corrected chi connectivity index (χ3v) is 2.76. The molecule has 0 saturated heterocycles. The molecular weight excluding hydrogens is 252 g/mol. The Bertz CT molecular complexity index is 556. The van der Waals surface area contributed by atoms with Crippen molar-refractivity contribution in [2.75, 3.05) is 24.7 Å². The lowest BCUT2D eigenvalue weighted by molar-refractivity contribution is 0.201. The largest absolute Gasteiger partial charge is 0.501 e. The first kappa shape index (κ1) is 11.6. The average Bonchev–Trinajstić information content (AvgIpc) is 2.25. The fourth-order valence-corrected chi connectivity index (χ4v) is 2.08. The van der Waals surface area contributed by atoms with E-state index in [1.165, 1.54) is 6.07 Å². The Labute approximate surface area is 97.0 Å². The molecule has 0 aromatic heterocycles. The van der Waals surface area contributed by atoms with Crippen LogP contribution in [0.1, 0.15) is 0 Å². The Morgan fingerprint density at radius 2 is 2.00 bits per heavy atom. The highest BCUT2D eigenvalue weighted by Gasteiger charge is 2.31. The molecular formula is C8H10N2O6S. The summed E-state index contributed by atoms with van der Waals surface area (Å²) < 4.78 is 36.4. The number of anilines is 2. The van der Waals surface area contributed by atoms with Crippen molar-refractivity contribution in [3.05, 3.63) is 6.07 Å². The van der Waals surface area contributed by atoms with Crippen LogP contribution in [-0.4, -0.2) is 26.7 Å². The molecule has 1 aromatic carbocycles. The number of rotatable bonds is 3. The van der Waals surface area contributed by atoms with Gasteiger partial charge < -0.3 is 29.7 Å². The van der Waals surface area contributed by atoms with Crippen LogP contribution >= 0.6 is 0 Å². The summed E-state index contributed by atoms with van der Waals surface area (Å²) in [5.41, 5.74) is 11.1. The lowest BCUT2D eigenvalue weighted by Gasteiger charge is -2.21. The topological polar surface area (TPSA) is 134 Å². The van der Waals surface area contributed by atoms with E-state index in [1.807, 2.05) is 0 Å². The number of fused-ring (bicyclic) bond motifs is 2. The van der Waals surface area contributed by atoms with E-state index in [0.29, 0.717) is 0 Å². The average molecular weight is 262 g/mol. The van der Waals surface area contributed by atoms with Crippen LogP contribution in [-0.2, 0) is 10.4 Å². The first-order valence-electron chi connectivity index (χ1n) is 4.54. The normalized spacial score (nSPS) is 15.8. The highest BCUT2D eigenvalue weighted by molar-refractivity contribution is 7.82. The van der Waals surface area contributed by atoms with Crippen molar-refractivity contribution in [3.63, 3.8) is 0 Å². The molecule has 2 rings (SSSR count). The summed E-state index contributed by atoms with van der Waals surface area (Å²) in [4.78, 5) is 0. The minimum atomic E-state index is -4.18. The highest BCUT2D eigenvalue weighted by Crippen LogP contribution is 2.47. The van der Waals surface area contributed by atoms with Crippen LogP contribution in [0.4, 0.5) is 11.4 Å². The summed E-state index contributed by atoms with van der Waals surface area (Å²) in [5, 5.41) is 8.62. The van der Waals surface area contributed by atoms with E-state index >= 15 is 0 Å². The van der Waals surface area contributed by atoms with Crippen LogP contribution in [0.25, 0.3) is 0 Å². The van der Waals surface area contributed by atoms with Gasteiger partial charge in [0, 0.05) is 6.07 Å². The van der Waals surface area contributed by atoms with Crippen LogP contribution in [0.15, 0.2) is 6.07 Å². The predicted octanol–water partition coefficient (Wildman–Crippen LogP) is -0.762. The van der Waals surface area contributed by atoms with Crippen LogP contribution < -0.4 is 24.6 Å². The molecule has 17 heavy (non-hydrogen) atoms. The molecule has 2 bridgehead atoms. The van der Waals surface area contributed by atoms with E-state index in [9.17, 15) is 8.42 Å². The lowest BCUT2D eigenvalue weighted by atomic mass is 10.2. The van der Waals surface area contributed by atoms with Gasteiger partial charge in [-0.2, -0.15) is 0 Å². The van der Waals surface area contributed by atoms with E-state index in [2.05, 4.69) is 8.37 Å². The zero-order valence-electron chi connectivity index (χ0n) is 8.54. The third kappa shape index (κ3) is 2.01. The number of ether oxygens (including phenoxy) is 1. The maximum atomic E-state index is 11.1. The number of benzene rings is 1. The molecule has 1 aliphatic heterocycles. The maximum Gasteiger partial charge on any atom is 0.501 e. The van der Waals surface area contributed by atoms with Gasteiger partial charge in [0.15, 0.2) is 11.5 Å². The first-order chi connectivity index (χ1) is 7.94. The zero-order chi connectivity index (χ0) is 12.6. The van der Waals surface area contributed by atoms with E-state index in [1.54, 1.807) is 0 Å². The van der Waals surface area contributed by atoms with Crippen molar-refractivity contribution in [3.8, 4) is 17.2 Å². The standard InChI is InChI=1S/C8H10N2O6S/c9-6-4(14-2-1-11)3-5-7(10)8(6)16-17(12,13)15-5/h3,11H,1-2,9-10H2. The second-order valence-corrected chi connectivity index (χ2v) is 4.33. The van der Waals surface area contributed by atoms with E-state index in [4.69, 9.17) is 21.3 Å². The Hall–Kier alpha value is -1.87.